The number of nitrogens with one attached hydrogen (secondary N) is 2. The fraction of sp³-hybridized carbons (Fsp3) is 0.312. The lowest BCUT2D eigenvalue weighted by atomic mass is 9.96. The molecule has 25 heavy (non-hydrogen) atoms. The number of piperidine rings is 1. The monoisotopic (exact) mass is 342 g/mol. The molecule has 1 saturated heterocycles. The second-order valence-electron chi connectivity index (χ2n) is 6.03. The lowest BCUT2D eigenvalue weighted by molar-refractivity contribution is 0.0706. The number of hydrogen-bond donors (Lipinski definition) is 2. The van der Waals surface area contributed by atoms with Crippen LogP contribution < -0.4 is 5.69 Å². The molecular formula is C16H15FN6O2. The molecule has 9 heteroatoms. The van der Waals surface area contributed by atoms with Crippen LogP contribution in [0.4, 0.5) is 4.39 Å². The van der Waals surface area contributed by atoms with Crippen LogP contribution >= 0.6 is 0 Å². The Labute approximate surface area is 141 Å². The molecule has 1 aliphatic rings. The van der Waals surface area contributed by atoms with Crippen LogP contribution in [0.3, 0.4) is 0 Å². The molecule has 0 spiro atoms. The van der Waals surface area contributed by atoms with E-state index in [9.17, 15) is 14.0 Å². The SMILES string of the molecule is O=C(c1ccnc2cc(F)cnc12)N1CCCC(c2n[nH]c(=O)[nH]2)C1. The number of carbonyl (C=O) groups excluding carboxylic acids is 1. The maximum atomic E-state index is 13.3. The first kappa shape index (κ1) is 15.4. The normalized spacial score (nSPS) is 17.8. The fourth-order valence-corrected chi connectivity index (χ4v) is 3.21. The van der Waals surface area contributed by atoms with Gasteiger partial charge in [-0.3, -0.25) is 19.7 Å². The standard InChI is InChI=1S/C16H15FN6O2/c17-10-6-12-13(19-7-10)11(3-4-18-12)15(24)23-5-1-2-9(8-23)14-20-16(25)22-21-14/h3-4,6-7,9H,1-2,5,8H2,(H2,20,21,22,25). The number of hydrogen-bond acceptors (Lipinski definition) is 5. The van der Waals surface area contributed by atoms with Crippen LogP contribution in [0.5, 0.6) is 0 Å². The lowest BCUT2D eigenvalue weighted by Gasteiger charge is -2.31. The van der Waals surface area contributed by atoms with Crippen molar-refractivity contribution in [2.75, 3.05) is 13.1 Å². The first-order valence-corrected chi connectivity index (χ1v) is 7.96. The predicted octanol–water partition coefficient (Wildman–Crippen LogP) is 1.20. The Morgan fingerprint density at radius 1 is 1.36 bits per heavy atom. The number of aromatic amines is 2. The number of amides is 1. The van der Waals surface area contributed by atoms with Crippen LogP contribution in [0.15, 0.2) is 29.3 Å². The molecule has 3 aromatic rings. The van der Waals surface area contributed by atoms with E-state index in [1.165, 1.54) is 12.3 Å². The highest BCUT2D eigenvalue weighted by Gasteiger charge is 2.28. The minimum Gasteiger partial charge on any atom is -0.338 e. The lowest BCUT2D eigenvalue weighted by Crippen LogP contribution is -2.39. The highest BCUT2D eigenvalue weighted by Crippen LogP contribution is 2.26. The number of nitrogens with zero attached hydrogens (tertiary/aromatic N) is 4. The Kier molecular flexibility index (Phi) is 3.75. The molecule has 2 N–H and O–H groups in total. The van der Waals surface area contributed by atoms with Gasteiger partial charge in [0, 0.05) is 31.3 Å². The van der Waals surface area contributed by atoms with Gasteiger partial charge >= 0.3 is 5.69 Å². The summed E-state index contributed by atoms with van der Waals surface area (Å²) in [5, 5.41) is 6.32. The summed E-state index contributed by atoms with van der Waals surface area (Å²) in [5.74, 6) is -0.156. The van der Waals surface area contributed by atoms with Crippen molar-refractivity contribution in [2.45, 2.75) is 18.8 Å². The Bertz CT molecular complexity index is 997. The van der Waals surface area contributed by atoms with E-state index in [0.717, 1.165) is 19.0 Å². The molecule has 0 aromatic carbocycles. The van der Waals surface area contributed by atoms with Crippen molar-refractivity contribution in [3.8, 4) is 0 Å². The number of H-pyrrole nitrogens is 2. The summed E-state index contributed by atoms with van der Waals surface area (Å²) in [7, 11) is 0. The Morgan fingerprint density at radius 3 is 3.04 bits per heavy atom. The summed E-state index contributed by atoms with van der Waals surface area (Å²) in [6.07, 6.45) is 4.19. The first-order valence-electron chi connectivity index (χ1n) is 7.96. The number of aromatic nitrogens is 5. The van der Waals surface area contributed by atoms with Gasteiger partial charge in [-0.2, -0.15) is 5.10 Å². The van der Waals surface area contributed by atoms with Crippen LogP contribution in [0.25, 0.3) is 11.0 Å². The van der Waals surface area contributed by atoms with E-state index in [0.29, 0.717) is 35.5 Å². The highest BCUT2D eigenvalue weighted by molar-refractivity contribution is 6.04. The molecule has 1 atom stereocenters. The van der Waals surface area contributed by atoms with Crippen LogP contribution in [0.1, 0.15) is 34.9 Å². The minimum absolute atomic E-state index is 0.0323. The third kappa shape index (κ3) is 2.88. The maximum absolute atomic E-state index is 13.3. The number of carbonyl (C=O) groups is 1. The van der Waals surface area contributed by atoms with Crippen molar-refractivity contribution >= 4 is 16.9 Å². The Morgan fingerprint density at radius 2 is 2.24 bits per heavy atom. The summed E-state index contributed by atoms with van der Waals surface area (Å²) in [6.45, 7) is 1.06. The van der Waals surface area contributed by atoms with Gasteiger partial charge in [0.15, 0.2) is 0 Å². The van der Waals surface area contributed by atoms with Gasteiger partial charge in [-0.25, -0.2) is 14.3 Å². The number of likely N-dealkylation sites (tertiary alicyclic amines) is 1. The van der Waals surface area contributed by atoms with Gasteiger partial charge in [-0.1, -0.05) is 0 Å². The second-order valence-corrected chi connectivity index (χ2v) is 6.03. The molecule has 0 saturated carbocycles. The molecule has 0 aliphatic carbocycles. The minimum atomic E-state index is -0.495. The molecule has 1 unspecified atom stereocenters. The van der Waals surface area contributed by atoms with Crippen molar-refractivity contribution < 1.29 is 9.18 Å². The smallest absolute Gasteiger partial charge is 0.338 e. The van der Waals surface area contributed by atoms with Gasteiger partial charge in [0.1, 0.15) is 17.2 Å². The number of pyridine rings is 2. The summed E-state index contributed by atoms with van der Waals surface area (Å²) < 4.78 is 13.3. The first-order chi connectivity index (χ1) is 12.1. The molecule has 1 amide bonds. The quantitative estimate of drug-likeness (QED) is 0.727. The van der Waals surface area contributed by atoms with Gasteiger partial charge in [0.25, 0.3) is 5.91 Å². The zero-order chi connectivity index (χ0) is 17.4. The summed E-state index contributed by atoms with van der Waals surface area (Å²) in [4.78, 5) is 36.7. The van der Waals surface area contributed by atoms with E-state index < -0.39 is 5.82 Å². The van der Waals surface area contributed by atoms with Gasteiger partial charge in [-0.05, 0) is 18.9 Å². The highest BCUT2D eigenvalue weighted by atomic mass is 19.1. The summed E-state index contributed by atoms with van der Waals surface area (Å²) in [5.41, 5.74) is 0.756. The third-order valence-electron chi connectivity index (χ3n) is 4.39. The van der Waals surface area contributed by atoms with E-state index >= 15 is 0 Å². The van der Waals surface area contributed by atoms with Gasteiger partial charge in [0.2, 0.25) is 0 Å². The van der Waals surface area contributed by atoms with E-state index in [1.54, 1.807) is 11.0 Å². The van der Waals surface area contributed by atoms with E-state index in [-0.39, 0.29) is 17.5 Å². The van der Waals surface area contributed by atoms with Crippen LogP contribution in [-0.2, 0) is 0 Å². The van der Waals surface area contributed by atoms with Gasteiger partial charge < -0.3 is 4.90 Å². The molecule has 0 bridgehead atoms. The average molecular weight is 342 g/mol. The van der Waals surface area contributed by atoms with Crippen molar-refractivity contribution in [1.29, 1.82) is 0 Å². The molecule has 1 fully saturated rings. The van der Waals surface area contributed by atoms with Gasteiger partial charge in [0.05, 0.1) is 17.3 Å². The molecular weight excluding hydrogens is 327 g/mol. The van der Waals surface area contributed by atoms with Crippen molar-refractivity contribution in [3.63, 3.8) is 0 Å². The fourth-order valence-electron chi connectivity index (χ4n) is 3.21. The van der Waals surface area contributed by atoms with Crippen molar-refractivity contribution in [1.82, 2.24) is 30.0 Å². The largest absolute Gasteiger partial charge is 0.340 e. The zero-order valence-electron chi connectivity index (χ0n) is 13.2. The second kappa shape index (κ2) is 6.08. The summed E-state index contributed by atoms with van der Waals surface area (Å²) >= 11 is 0. The average Bonchev–Trinajstić information content (AvgIpc) is 3.07. The Balaban J connectivity index is 1.63. The molecule has 128 valence electrons. The number of rotatable bonds is 2. The number of fused-ring (bicyclic) bond motifs is 1. The maximum Gasteiger partial charge on any atom is 0.340 e. The molecule has 4 heterocycles. The molecule has 3 aromatic heterocycles. The third-order valence-corrected chi connectivity index (χ3v) is 4.39. The van der Waals surface area contributed by atoms with Crippen molar-refractivity contribution in [3.05, 3.63) is 52.2 Å². The predicted molar refractivity (Wildman–Crippen MR) is 86.6 cm³/mol. The van der Waals surface area contributed by atoms with Crippen LogP contribution in [0, 0.1) is 5.82 Å². The molecule has 8 nitrogen and oxygen atoms in total. The number of halogens is 1. The zero-order valence-corrected chi connectivity index (χ0v) is 13.2. The Hall–Kier alpha value is -3.10. The van der Waals surface area contributed by atoms with Gasteiger partial charge in [-0.15, -0.1) is 0 Å². The molecule has 0 radical (unpaired) electrons. The van der Waals surface area contributed by atoms with E-state index in [4.69, 9.17) is 0 Å². The van der Waals surface area contributed by atoms with Crippen molar-refractivity contribution in [2.24, 2.45) is 0 Å². The molecule has 1 aliphatic heterocycles. The van der Waals surface area contributed by atoms with E-state index in [1.807, 2.05) is 0 Å². The van der Waals surface area contributed by atoms with E-state index in [2.05, 4.69) is 25.1 Å². The van der Waals surface area contributed by atoms with Crippen LogP contribution in [0.2, 0.25) is 0 Å². The molecule has 4 rings (SSSR count). The topological polar surface area (TPSA) is 108 Å². The van der Waals surface area contributed by atoms with Crippen LogP contribution in [-0.4, -0.2) is 49.0 Å². The summed E-state index contributed by atoms with van der Waals surface area (Å²) in [6, 6.07) is 2.85.